The first-order valence-electron chi connectivity index (χ1n) is 3.96. The lowest BCUT2D eigenvalue weighted by Crippen LogP contribution is -2.13. The third kappa shape index (κ3) is 3.35. The molecule has 0 saturated heterocycles. The second kappa shape index (κ2) is 5.32. The standard InChI is InChI=1S/C9H9F4N.ClH/c1-14-5-6-3-2-4-7(8(6)10)9(11,12)13;/h2-4,14H,5H2,1H3;1H. The van der Waals surface area contributed by atoms with Crippen molar-refractivity contribution in [3.8, 4) is 0 Å². The Bertz CT molecular complexity index is 324. The Balaban J connectivity index is 0.00000196. The minimum atomic E-state index is -4.63. The second-order valence-electron chi connectivity index (χ2n) is 2.81. The first kappa shape index (κ1) is 14.2. The predicted molar refractivity (Wildman–Crippen MR) is 51.4 cm³/mol. The summed E-state index contributed by atoms with van der Waals surface area (Å²) in [5, 5.41) is 2.60. The van der Waals surface area contributed by atoms with E-state index >= 15 is 0 Å². The highest BCUT2D eigenvalue weighted by Gasteiger charge is 2.34. The maximum absolute atomic E-state index is 13.2. The molecule has 0 fully saturated rings. The zero-order chi connectivity index (χ0) is 10.8. The number of benzene rings is 1. The Morgan fingerprint density at radius 2 is 1.87 bits per heavy atom. The summed E-state index contributed by atoms with van der Waals surface area (Å²) >= 11 is 0. The summed E-state index contributed by atoms with van der Waals surface area (Å²) in [6.07, 6.45) is -4.63. The summed E-state index contributed by atoms with van der Waals surface area (Å²) in [6, 6.07) is 3.24. The van der Waals surface area contributed by atoms with Gasteiger partial charge in [-0.05, 0) is 13.1 Å². The van der Waals surface area contributed by atoms with Crippen LogP contribution in [0.4, 0.5) is 17.6 Å². The van der Waals surface area contributed by atoms with Gasteiger partial charge in [-0.1, -0.05) is 12.1 Å². The molecule has 0 bridgehead atoms. The van der Waals surface area contributed by atoms with E-state index in [1.54, 1.807) is 7.05 Å². The summed E-state index contributed by atoms with van der Waals surface area (Å²) in [7, 11) is 1.54. The van der Waals surface area contributed by atoms with Crippen LogP contribution < -0.4 is 5.32 Å². The van der Waals surface area contributed by atoms with Crippen LogP contribution in [0.1, 0.15) is 11.1 Å². The van der Waals surface area contributed by atoms with Crippen molar-refractivity contribution >= 4 is 12.4 Å². The molecule has 0 unspecified atom stereocenters. The fourth-order valence-corrected chi connectivity index (χ4v) is 1.13. The van der Waals surface area contributed by atoms with Crippen LogP contribution >= 0.6 is 12.4 Å². The number of hydrogen-bond donors (Lipinski definition) is 1. The summed E-state index contributed by atoms with van der Waals surface area (Å²) in [5.74, 6) is -1.20. The quantitative estimate of drug-likeness (QED) is 0.788. The maximum atomic E-state index is 13.2. The van der Waals surface area contributed by atoms with E-state index in [4.69, 9.17) is 0 Å². The van der Waals surface area contributed by atoms with Crippen molar-refractivity contribution in [2.45, 2.75) is 12.7 Å². The summed E-state index contributed by atoms with van der Waals surface area (Å²) in [6.45, 7) is 0.0791. The highest BCUT2D eigenvalue weighted by molar-refractivity contribution is 5.85. The minimum absolute atomic E-state index is 0. The zero-order valence-electron chi connectivity index (χ0n) is 7.86. The van der Waals surface area contributed by atoms with Crippen LogP contribution in [0.25, 0.3) is 0 Å². The molecule has 0 aliphatic rings. The number of rotatable bonds is 2. The molecule has 0 aromatic heterocycles. The van der Waals surface area contributed by atoms with Crippen LogP contribution in [0.5, 0.6) is 0 Å². The fourth-order valence-electron chi connectivity index (χ4n) is 1.13. The SMILES string of the molecule is CNCc1cccc(C(F)(F)F)c1F.Cl. The number of alkyl halides is 3. The van der Waals surface area contributed by atoms with Crippen molar-refractivity contribution in [2.75, 3.05) is 7.05 Å². The molecule has 0 spiro atoms. The molecular formula is C9H10ClF4N. The first-order chi connectivity index (χ1) is 6.46. The lowest BCUT2D eigenvalue weighted by Gasteiger charge is -2.10. The summed E-state index contributed by atoms with van der Waals surface area (Å²) in [4.78, 5) is 0. The predicted octanol–water partition coefficient (Wildman–Crippen LogP) is 2.99. The molecule has 0 amide bonds. The molecule has 86 valence electrons. The van der Waals surface area contributed by atoms with Crippen molar-refractivity contribution in [3.05, 3.63) is 35.1 Å². The Hall–Kier alpha value is -0.810. The van der Waals surface area contributed by atoms with E-state index in [0.717, 1.165) is 6.07 Å². The lowest BCUT2D eigenvalue weighted by atomic mass is 10.1. The normalized spacial score (nSPS) is 11.0. The minimum Gasteiger partial charge on any atom is -0.316 e. The van der Waals surface area contributed by atoms with Gasteiger partial charge in [-0.3, -0.25) is 0 Å². The summed E-state index contributed by atoms with van der Waals surface area (Å²) in [5.41, 5.74) is -1.20. The average Bonchev–Trinajstić information content (AvgIpc) is 2.07. The average molecular weight is 244 g/mol. The Labute approximate surface area is 90.9 Å². The van der Waals surface area contributed by atoms with Gasteiger partial charge in [-0.15, -0.1) is 12.4 Å². The molecule has 15 heavy (non-hydrogen) atoms. The van der Waals surface area contributed by atoms with Crippen molar-refractivity contribution in [2.24, 2.45) is 0 Å². The van der Waals surface area contributed by atoms with Crippen LogP contribution in [0.3, 0.4) is 0 Å². The molecule has 6 heteroatoms. The van der Waals surface area contributed by atoms with Gasteiger partial charge in [-0.25, -0.2) is 4.39 Å². The van der Waals surface area contributed by atoms with E-state index in [9.17, 15) is 17.6 Å². The Morgan fingerprint density at radius 1 is 1.27 bits per heavy atom. The van der Waals surface area contributed by atoms with Crippen molar-refractivity contribution < 1.29 is 17.6 Å². The van der Waals surface area contributed by atoms with Gasteiger partial charge >= 0.3 is 6.18 Å². The topological polar surface area (TPSA) is 12.0 Å². The summed E-state index contributed by atoms with van der Waals surface area (Å²) < 4.78 is 49.8. The van der Waals surface area contributed by atoms with E-state index in [2.05, 4.69) is 5.32 Å². The van der Waals surface area contributed by atoms with Crippen molar-refractivity contribution in [3.63, 3.8) is 0 Å². The molecule has 0 heterocycles. The molecule has 1 N–H and O–H groups in total. The van der Waals surface area contributed by atoms with Gasteiger partial charge in [0.2, 0.25) is 0 Å². The molecule has 1 nitrogen and oxygen atoms in total. The van der Waals surface area contributed by atoms with Crippen LogP contribution in [0.2, 0.25) is 0 Å². The maximum Gasteiger partial charge on any atom is 0.419 e. The Morgan fingerprint density at radius 3 is 2.33 bits per heavy atom. The molecule has 0 saturated carbocycles. The van der Waals surface area contributed by atoms with Gasteiger partial charge in [0.25, 0.3) is 0 Å². The third-order valence-corrected chi connectivity index (χ3v) is 1.75. The smallest absolute Gasteiger partial charge is 0.316 e. The van der Waals surface area contributed by atoms with E-state index in [0.29, 0.717) is 0 Å². The van der Waals surface area contributed by atoms with E-state index in [-0.39, 0.29) is 24.5 Å². The molecule has 0 aliphatic heterocycles. The highest BCUT2D eigenvalue weighted by Crippen LogP contribution is 2.32. The molecule has 1 aromatic rings. The molecule has 1 aromatic carbocycles. The highest BCUT2D eigenvalue weighted by atomic mass is 35.5. The number of halogens is 5. The van der Waals surface area contributed by atoms with E-state index < -0.39 is 17.6 Å². The fraction of sp³-hybridized carbons (Fsp3) is 0.333. The van der Waals surface area contributed by atoms with Crippen LogP contribution in [-0.2, 0) is 12.7 Å². The number of hydrogen-bond acceptors (Lipinski definition) is 1. The lowest BCUT2D eigenvalue weighted by molar-refractivity contribution is -0.140. The molecule has 0 atom stereocenters. The van der Waals surface area contributed by atoms with Crippen LogP contribution in [0, 0.1) is 5.82 Å². The van der Waals surface area contributed by atoms with Gasteiger partial charge in [-0.2, -0.15) is 13.2 Å². The van der Waals surface area contributed by atoms with Crippen molar-refractivity contribution in [1.82, 2.24) is 5.32 Å². The van der Waals surface area contributed by atoms with Crippen LogP contribution in [0.15, 0.2) is 18.2 Å². The van der Waals surface area contributed by atoms with Crippen LogP contribution in [-0.4, -0.2) is 7.05 Å². The first-order valence-corrected chi connectivity index (χ1v) is 3.96. The second-order valence-corrected chi connectivity index (χ2v) is 2.81. The van der Waals surface area contributed by atoms with Gasteiger partial charge in [0.15, 0.2) is 0 Å². The largest absolute Gasteiger partial charge is 0.419 e. The van der Waals surface area contributed by atoms with E-state index in [1.807, 2.05) is 0 Å². The molecule has 1 rings (SSSR count). The van der Waals surface area contributed by atoms with Gasteiger partial charge < -0.3 is 5.32 Å². The monoisotopic (exact) mass is 243 g/mol. The van der Waals surface area contributed by atoms with E-state index in [1.165, 1.54) is 12.1 Å². The number of nitrogens with one attached hydrogen (secondary N) is 1. The van der Waals surface area contributed by atoms with Gasteiger partial charge in [0.05, 0.1) is 5.56 Å². The third-order valence-electron chi connectivity index (χ3n) is 1.75. The van der Waals surface area contributed by atoms with Gasteiger partial charge in [0, 0.05) is 12.1 Å². The molecule has 0 radical (unpaired) electrons. The molecule has 0 aliphatic carbocycles. The Kier molecular flexibility index (Phi) is 5.03. The van der Waals surface area contributed by atoms with Gasteiger partial charge in [0.1, 0.15) is 5.82 Å². The zero-order valence-corrected chi connectivity index (χ0v) is 8.68. The molecular weight excluding hydrogens is 234 g/mol. The van der Waals surface area contributed by atoms with Crippen molar-refractivity contribution in [1.29, 1.82) is 0 Å².